The van der Waals surface area contributed by atoms with E-state index in [2.05, 4.69) is 10.0 Å². The number of rotatable bonds is 5. The summed E-state index contributed by atoms with van der Waals surface area (Å²) in [7, 11) is -3.50. The number of halogens is 3. The van der Waals surface area contributed by atoms with Gasteiger partial charge >= 0.3 is 6.18 Å². The first-order chi connectivity index (χ1) is 13.0. The van der Waals surface area contributed by atoms with Crippen LogP contribution in [0.1, 0.15) is 39.4 Å². The van der Waals surface area contributed by atoms with Crippen LogP contribution < -0.4 is 10.0 Å². The van der Waals surface area contributed by atoms with E-state index in [1.165, 1.54) is 18.2 Å². The fourth-order valence-electron chi connectivity index (χ4n) is 3.10. The van der Waals surface area contributed by atoms with Crippen LogP contribution in [0, 0.1) is 6.92 Å². The normalized spacial score (nSPS) is 19.2. The average molecular weight is 412 g/mol. The molecule has 9 heteroatoms. The Bertz CT molecular complexity index is 1020. The van der Waals surface area contributed by atoms with Crippen molar-refractivity contribution in [2.24, 2.45) is 0 Å². The monoisotopic (exact) mass is 412 g/mol. The number of hydrogen-bond acceptors (Lipinski definition) is 3. The van der Waals surface area contributed by atoms with Crippen molar-refractivity contribution in [3.05, 3.63) is 64.7 Å². The number of benzene rings is 2. The van der Waals surface area contributed by atoms with Gasteiger partial charge in [-0.3, -0.25) is 9.52 Å². The second kappa shape index (κ2) is 7.12. The Hall–Kier alpha value is -2.55. The van der Waals surface area contributed by atoms with Crippen molar-refractivity contribution in [2.75, 3.05) is 11.0 Å². The van der Waals surface area contributed by atoms with E-state index in [9.17, 15) is 26.4 Å². The summed E-state index contributed by atoms with van der Waals surface area (Å²) in [5.74, 6) is -0.866. The van der Waals surface area contributed by atoms with Crippen LogP contribution in [-0.2, 0) is 16.2 Å². The molecule has 0 aromatic heterocycles. The summed E-state index contributed by atoms with van der Waals surface area (Å²) in [6.45, 7) is 1.69. The third-order valence-electron chi connectivity index (χ3n) is 4.57. The zero-order valence-electron chi connectivity index (χ0n) is 15.2. The zero-order chi connectivity index (χ0) is 20.7. The molecule has 0 heterocycles. The smallest absolute Gasteiger partial charge is 0.349 e. The SMILES string of the molecule is Cc1ccc(C(=O)NC2CC2c2ccccc2C(F)(F)F)cc1NS(C)(=O)=O. The first-order valence-electron chi connectivity index (χ1n) is 8.51. The Morgan fingerprint density at radius 2 is 1.82 bits per heavy atom. The van der Waals surface area contributed by atoms with Crippen molar-refractivity contribution in [3.8, 4) is 0 Å². The highest BCUT2D eigenvalue weighted by Gasteiger charge is 2.44. The summed E-state index contributed by atoms with van der Waals surface area (Å²) < 4.78 is 64.7. The van der Waals surface area contributed by atoms with Crippen LogP contribution >= 0.6 is 0 Å². The molecule has 1 aliphatic carbocycles. The van der Waals surface area contributed by atoms with Crippen LogP contribution in [0.3, 0.4) is 0 Å². The van der Waals surface area contributed by atoms with Crippen LogP contribution in [0.15, 0.2) is 42.5 Å². The Kier molecular flexibility index (Phi) is 5.14. The first-order valence-corrected chi connectivity index (χ1v) is 10.4. The molecule has 1 amide bonds. The second-order valence-corrected chi connectivity index (χ2v) is 8.66. The van der Waals surface area contributed by atoms with Gasteiger partial charge in [0.1, 0.15) is 0 Å². The van der Waals surface area contributed by atoms with E-state index in [4.69, 9.17) is 0 Å². The lowest BCUT2D eigenvalue weighted by Gasteiger charge is -2.13. The molecule has 2 N–H and O–H groups in total. The molecule has 0 bridgehead atoms. The van der Waals surface area contributed by atoms with Crippen LogP contribution in [-0.4, -0.2) is 26.6 Å². The lowest BCUT2D eigenvalue weighted by molar-refractivity contribution is -0.138. The van der Waals surface area contributed by atoms with Crippen molar-refractivity contribution in [3.63, 3.8) is 0 Å². The molecule has 5 nitrogen and oxygen atoms in total. The van der Waals surface area contributed by atoms with Crippen LogP contribution in [0.5, 0.6) is 0 Å². The van der Waals surface area contributed by atoms with Gasteiger partial charge in [0, 0.05) is 17.5 Å². The van der Waals surface area contributed by atoms with E-state index < -0.39 is 39.6 Å². The maximum atomic E-state index is 13.2. The number of carbonyl (C=O) groups is 1. The topological polar surface area (TPSA) is 75.3 Å². The molecule has 1 aliphatic rings. The van der Waals surface area contributed by atoms with Crippen molar-refractivity contribution in [1.29, 1.82) is 0 Å². The highest BCUT2D eigenvalue weighted by Crippen LogP contribution is 2.46. The maximum absolute atomic E-state index is 13.2. The average Bonchev–Trinajstić information content (AvgIpc) is 3.34. The number of aryl methyl sites for hydroxylation is 1. The quantitative estimate of drug-likeness (QED) is 0.787. The minimum Gasteiger partial charge on any atom is -0.349 e. The largest absolute Gasteiger partial charge is 0.416 e. The van der Waals surface area contributed by atoms with Crippen molar-refractivity contribution < 1.29 is 26.4 Å². The Morgan fingerprint density at radius 3 is 2.46 bits per heavy atom. The van der Waals surface area contributed by atoms with Gasteiger partial charge in [-0.2, -0.15) is 13.2 Å². The van der Waals surface area contributed by atoms with E-state index in [0.717, 1.165) is 12.3 Å². The standard InChI is InChI=1S/C19H19F3N2O3S/c1-11-7-8-12(9-16(11)24-28(2,26)27)18(25)23-17-10-14(17)13-5-3-4-6-15(13)19(20,21)22/h3-9,14,17,24H,10H2,1-2H3,(H,23,25). The van der Waals surface area contributed by atoms with Crippen LogP contribution in [0.4, 0.5) is 18.9 Å². The van der Waals surface area contributed by atoms with E-state index in [-0.39, 0.29) is 16.8 Å². The van der Waals surface area contributed by atoms with Crippen LogP contribution in [0.2, 0.25) is 0 Å². The molecule has 28 heavy (non-hydrogen) atoms. The van der Waals surface area contributed by atoms with E-state index in [1.54, 1.807) is 25.1 Å². The van der Waals surface area contributed by atoms with Crippen molar-refractivity contribution >= 4 is 21.6 Å². The summed E-state index contributed by atoms with van der Waals surface area (Å²) in [5.41, 5.74) is 0.636. The molecule has 1 fully saturated rings. The van der Waals surface area contributed by atoms with E-state index in [0.29, 0.717) is 12.0 Å². The Balaban J connectivity index is 1.74. The fraction of sp³-hybridized carbons (Fsp3) is 0.316. The number of anilines is 1. The van der Waals surface area contributed by atoms with Gasteiger partial charge in [-0.25, -0.2) is 8.42 Å². The number of hydrogen-bond donors (Lipinski definition) is 2. The molecule has 0 spiro atoms. The van der Waals surface area contributed by atoms with Gasteiger partial charge < -0.3 is 5.32 Å². The van der Waals surface area contributed by atoms with Gasteiger partial charge in [0.2, 0.25) is 10.0 Å². The number of carbonyl (C=O) groups excluding carboxylic acids is 1. The van der Waals surface area contributed by atoms with Gasteiger partial charge in [-0.05, 0) is 42.7 Å². The summed E-state index contributed by atoms with van der Waals surface area (Å²) in [4.78, 5) is 12.5. The summed E-state index contributed by atoms with van der Waals surface area (Å²) >= 11 is 0. The molecule has 0 aliphatic heterocycles. The molecule has 150 valence electrons. The lowest BCUT2D eigenvalue weighted by Crippen LogP contribution is -2.27. The highest BCUT2D eigenvalue weighted by molar-refractivity contribution is 7.92. The van der Waals surface area contributed by atoms with Gasteiger partial charge in [0.15, 0.2) is 0 Å². The van der Waals surface area contributed by atoms with Gasteiger partial charge in [-0.15, -0.1) is 0 Å². The number of amides is 1. The summed E-state index contributed by atoms with van der Waals surface area (Å²) in [6, 6.07) is 9.51. The van der Waals surface area contributed by atoms with Crippen molar-refractivity contribution in [1.82, 2.24) is 5.32 Å². The Morgan fingerprint density at radius 1 is 1.14 bits per heavy atom. The number of nitrogens with one attached hydrogen (secondary N) is 2. The maximum Gasteiger partial charge on any atom is 0.416 e. The van der Waals surface area contributed by atoms with Gasteiger partial charge in [-0.1, -0.05) is 24.3 Å². The lowest BCUT2D eigenvalue weighted by atomic mass is 10.0. The molecule has 2 unspecified atom stereocenters. The highest BCUT2D eigenvalue weighted by atomic mass is 32.2. The van der Waals surface area contributed by atoms with Crippen LogP contribution in [0.25, 0.3) is 0 Å². The number of sulfonamides is 1. The molecular formula is C19H19F3N2O3S. The van der Waals surface area contributed by atoms with E-state index >= 15 is 0 Å². The third-order valence-corrected chi connectivity index (χ3v) is 5.16. The van der Waals surface area contributed by atoms with E-state index in [1.807, 2.05) is 0 Å². The minimum absolute atomic E-state index is 0.170. The molecule has 2 aromatic carbocycles. The van der Waals surface area contributed by atoms with Crippen molar-refractivity contribution in [2.45, 2.75) is 31.5 Å². The predicted molar refractivity (Wildman–Crippen MR) is 99.7 cm³/mol. The fourth-order valence-corrected chi connectivity index (χ4v) is 3.72. The predicted octanol–water partition coefficient (Wildman–Crippen LogP) is 3.67. The minimum atomic E-state index is -4.45. The molecule has 3 rings (SSSR count). The molecule has 1 saturated carbocycles. The third kappa shape index (κ3) is 4.64. The van der Waals surface area contributed by atoms with Gasteiger partial charge in [0.25, 0.3) is 5.91 Å². The molecule has 2 atom stereocenters. The second-order valence-electron chi connectivity index (χ2n) is 6.91. The number of alkyl halides is 3. The molecule has 0 radical (unpaired) electrons. The van der Waals surface area contributed by atoms with Gasteiger partial charge in [0.05, 0.1) is 17.5 Å². The summed E-state index contributed by atoms with van der Waals surface area (Å²) in [5, 5.41) is 2.72. The molecule has 2 aromatic rings. The summed E-state index contributed by atoms with van der Waals surface area (Å²) in [6.07, 6.45) is -3.03. The molecule has 0 saturated heterocycles. The molecular weight excluding hydrogens is 393 g/mol. The first kappa shape index (κ1) is 20.2. The Labute approximate surface area is 161 Å². The zero-order valence-corrected chi connectivity index (χ0v) is 16.0.